The molecule has 0 aliphatic carbocycles. The number of imide groups is 1. The molecule has 0 radical (unpaired) electrons. The van der Waals surface area contributed by atoms with Crippen LogP contribution in [0.25, 0.3) is 10.9 Å². The van der Waals surface area contributed by atoms with Crippen LogP contribution in [0.5, 0.6) is 5.88 Å². The molecule has 1 aromatic heterocycles. The molecule has 1 saturated heterocycles. The highest BCUT2D eigenvalue weighted by atomic mass is 32.2. The summed E-state index contributed by atoms with van der Waals surface area (Å²) in [5.41, 5.74) is -3.94. The van der Waals surface area contributed by atoms with Crippen LogP contribution in [0.3, 0.4) is 0 Å². The number of thioether (sulfide) groups is 1. The predicted octanol–water partition coefficient (Wildman–Crippen LogP) is 5.60. The van der Waals surface area contributed by atoms with Gasteiger partial charge in [-0.25, -0.2) is 14.7 Å². The van der Waals surface area contributed by atoms with Crippen LogP contribution in [0, 0.1) is 0 Å². The number of anilines is 1. The standard InChI is InChI=1S/C23H20F3N3O3S/c1-22(2)20(30)29(15-8-10-16(11-9-15)33-23(24,25)26)21(31)28(22)13-14-12-19(32-3)27-18-7-5-4-6-17(14)18/h4-12H,13H2,1-3H3. The maximum absolute atomic E-state index is 13.3. The van der Waals surface area contributed by atoms with E-state index in [0.717, 1.165) is 15.8 Å². The van der Waals surface area contributed by atoms with Crippen LogP contribution in [0.2, 0.25) is 0 Å². The summed E-state index contributed by atoms with van der Waals surface area (Å²) in [5.74, 6) is -0.0804. The zero-order chi connectivity index (χ0) is 24.0. The minimum Gasteiger partial charge on any atom is -0.481 e. The topological polar surface area (TPSA) is 62.7 Å². The maximum Gasteiger partial charge on any atom is 0.446 e. The number of carbonyl (C=O) groups is 2. The van der Waals surface area contributed by atoms with Crippen LogP contribution in [0.15, 0.2) is 59.5 Å². The molecule has 0 saturated carbocycles. The Balaban J connectivity index is 1.67. The molecule has 1 aliphatic rings. The second-order valence-electron chi connectivity index (χ2n) is 7.95. The van der Waals surface area contributed by atoms with Gasteiger partial charge in [-0.2, -0.15) is 13.2 Å². The molecule has 6 nitrogen and oxygen atoms in total. The number of urea groups is 1. The van der Waals surface area contributed by atoms with Gasteiger partial charge in [0.25, 0.3) is 5.91 Å². The molecule has 4 rings (SSSR count). The number of nitrogens with zero attached hydrogens (tertiary/aromatic N) is 3. The molecule has 3 amide bonds. The SMILES string of the molecule is COc1cc(CN2C(=O)N(c3ccc(SC(F)(F)F)cc3)C(=O)C2(C)C)c2ccccc2n1. The predicted molar refractivity (Wildman–Crippen MR) is 119 cm³/mol. The second-order valence-corrected chi connectivity index (χ2v) is 9.09. The summed E-state index contributed by atoms with van der Waals surface area (Å²) in [6.07, 6.45) is 0. The molecule has 1 fully saturated rings. The van der Waals surface area contributed by atoms with Gasteiger partial charge in [0.1, 0.15) is 5.54 Å². The number of carbonyl (C=O) groups excluding carboxylic acids is 2. The number of halogens is 3. The average molecular weight is 475 g/mol. The van der Waals surface area contributed by atoms with Crippen molar-refractivity contribution in [1.82, 2.24) is 9.88 Å². The van der Waals surface area contributed by atoms with E-state index in [1.807, 2.05) is 24.3 Å². The highest BCUT2D eigenvalue weighted by Crippen LogP contribution is 2.39. The van der Waals surface area contributed by atoms with Crippen LogP contribution in [-0.4, -0.2) is 40.0 Å². The number of fused-ring (bicyclic) bond motifs is 1. The van der Waals surface area contributed by atoms with E-state index in [4.69, 9.17) is 4.74 Å². The Morgan fingerprint density at radius 3 is 2.36 bits per heavy atom. The first-order chi connectivity index (χ1) is 15.5. The molecule has 33 heavy (non-hydrogen) atoms. The van der Waals surface area contributed by atoms with E-state index in [9.17, 15) is 22.8 Å². The first-order valence-electron chi connectivity index (χ1n) is 9.96. The molecule has 10 heteroatoms. The summed E-state index contributed by atoms with van der Waals surface area (Å²) >= 11 is -0.256. The van der Waals surface area contributed by atoms with E-state index in [1.165, 1.54) is 36.3 Å². The van der Waals surface area contributed by atoms with Crippen molar-refractivity contribution in [3.63, 3.8) is 0 Å². The fraction of sp³-hybridized carbons (Fsp3) is 0.261. The van der Waals surface area contributed by atoms with Gasteiger partial charge in [0, 0.05) is 22.9 Å². The van der Waals surface area contributed by atoms with Crippen LogP contribution in [0.4, 0.5) is 23.7 Å². The number of rotatable bonds is 5. The first kappa shape index (κ1) is 22.9. The Hall–Kier alpha value is -3.27. The molecular formula is C23H20F3N3O3S. The van der Waals surface area contributed by atoms with Crippen molar-refractivity contribution in [2.24, 2.45) is 0 Å². The fourth-order valence-corrected chi connectivity index (χ4v) is 4.29. The smallest absolute Gasteiger partial charge is 0.446 e. The van der Waals surface area contributed by atoms with Gasteiger partial charge in [0.2, 0.25) is 5.88 Å². The van der Waals surface area contributed by atoms with Crippen molar-refractivity contribution >= 4 is 40.3 Å². The number of benzene rings is 2. The number of alkyl halides is 3. The van der Waals surface area contributed by atoms with Gasteiger partial charge in [-0.1, -0.05) is 18.2 Å². The lowest BCUT2D eigenvalue weighted by molar-refractivity contribution is -0.123. The summed E-state index contributed by atoms with van der Waals surface area (Å²) in [6, 6.07) is 13.7. The highest BCUT2D eigenvalue weighted by molar-refractivity contribution is 8.00. The normalized spacial score (nSPS) is 16.1. The van der Waals surface area contributed by atoms with Gasteiger partial charge in [-0.05, 0) is 61.5 Å². The van der Waals surface area contributed by atoms with Crippen molar-refractivity contribution in [3.8, 4) is 5.88 Å². The van der Waals surface area contributed by atoms with Crippen molar-refractivity contribution in [2.75, 3.05) is 12.0 Å². The van der Waals surface area contributed by atoms with Gasteiger partial charge in [-0.15, -0.1) is 0 Å². The van der Waals surface area contributed by atoms with E-state index >= 15 is 0 Å². The molecule has 2 aromatic carbocycles. The zero-order valence-corrected chi connectivity index (χ0v) is 18.8. The lowest BCUT2D eigenvalue weighted by atomic mass is 10.0. The summed E-state index contributed by atoms with van der Waals surface area (Å²) < 4.78 is 43.1. The number of methoxy groups -OCH3 is 1. The molecule has 1 aliphatic heterocycles. The third kappa shape index (κ3) is 4.35. The van der Waals surface area contributed by atoms with Crippen molar-refractivity contribution in [2.45, 2.75) is 36.3 Å². The zero-order valence-electron chi connectivity index (χ0n) is 18.0. The Labute approximate surface area is 192 Å². The van der Waals surface area contributed by atoms with E-state index in [2.05, 4.69) is 4.98 Å². The van der Waals surface area contributed by atoms with E-state index in [1.54, 1.807) is 19.9 Å². The monoisotopic (exact) mass is 475 g/mol. The second kappa shape index (κ2) is 8.26. The van der Waals surface area contributed by atoms with Crippen molar-refractivity contribution < 1.29 is 27.5 Å². The summed E-state index contributed by atoms with van der Waals surface area (Å²) in [5, 5.41) is 0.821. The molecule has 0 spiro atoms. The fourth-order valence-electron chi connectivity index (χ4n) is 3.75. The first-order valence-corrected chi connectivity index (χ1v) is 10.8. The summed E-state index contributed by atoms with van der Waals surface area (Å²) in [7, 11) is 1.50. The number of para-hydroxylation sites is 1. The van der Waals surface area contributed by atoms with E-state index in [0.29, 0.717) is 11.4 Å². The Morgan fingerprint density at radius 1 is 1.06 bits per heavy atom. The van der Waals surface area contributed by atoms with Crippen LogP contribution < -0.4 is 9.64 Å². The molecule has 0 bridgehead atoms. The quantitative estimate of drug-likeness (QED) is 0.355. The van der Waals surface area contributed by atoms with Gasteiger partial charge in [0.05, 0.1) is 18.3 Å². The van der Waals surface area contributed by atoms with Gasteiger partial charge < -0.3 is 9.64 Å². The summed E-state index contributed by atoms with van der Waals surface area (Å²) in [4.78, 5) is 33.3. The van der Waals surface area contributed by atoms with Crippen LogP contribution in [0.1, 0.15) is 19.4 Å². The highest BCUT2D eigenvalue weighted by Gasteiger charge is 2.51. The van der Waals surface area contributed by atoms with Crippen LogP contribution in [-0.2, 0) is 11.3 Å². The van der Waals surface area contributed by atoms with E-state index < -0.39 is 23.0 Å². The largest absolute Gasteiger partial charge is 0.481 e. The van der Waals surface area contributed by atoms with Gasteiger partial charge >= 0.3 is 11.5 Å². The number of pyridine rings is 1. The number of hydrogen-bond donors (Lipinski definition) is 0. The minimum absolute atomic E-state index is 0.0307. The molecule has 0 N–H and O–H groups in total. The molecule has 0 atom stereocenters. The third-order valence-electron chi connectivity index (χ3n) is 5.47. The number of ether oxygens (including phenoxy) is 1. The minimum atomic E-state index is -4.42. The lowest BCUT2D eigenvalue weighted by Gasteiger charge is -2.28. The molecule has 0 unspecified atom stereocenters. The molecule has 3 aromatic rings. The Bertz CT molecular complexity index is 1230. The third-order valence-corrected chi connectivity index (χ3v) is 6.21. The van der Waals surface area contributed by atoms with Crippen LogP contribution >= 0.6 is 11.8 Å². The molecule has 2 heterocycles. The van der Waals surface area contributed by atoms with Crippen molar-refractivity contribution in [1.29, 1.82) is 0 Å². The van der Waals surface area contributed by atoms with Gasteiger partial charge in [0.15, 0.2) is 0 Å². The van der Waals surface area contributed by atoms with Crippen molar-refractivity contribution in [3.05, 3.63) is 60.2 Å². The Morgan fingerprint density at radius 2 is 1.73 bits per heavy atom. The van der Waals surface area contributed by atoms with E-state index in [-0.39, 0.29) is 28.9 Å². The van der Waals surface area contributed by atoms with Gasteiger partial charge in [-0.3, -0.25) is 4.79 Å². The lowest BCUT2D eigenvalue weighted by Crippen LogP contribution is -2.43. The number of hydrogen-bond acceptors (Lipinski definition) is 5. The summed E-state index contributed by atoms with van der Waals surface area (Å²) in [6.45, 7) is 3.40. The molecular weight excluding hydrogens is 455 g/mol. The number of aromatic nitrogens is 1. The Kier molecular flexibility index (Phi) is 5.73. The maximum atomic E-state index is 13.3. The average Bonchev–Trinajstić information content (AvgIpc) is 2.92. The number of amides is 3. The molecule has 172 valence electrons.